The van der Waals surface area contributed by atoms with Crippen LogP contribution in [0, 0.1) is 22.7 Å². The minimum atomic E-state index is 0.0612. The van der Waals surface area contributed by atoms with Crippen LogP contribution in [0.15, 0.2) is 36.5 Å². The maximum absolute atomic E-state index is 12.7. The summed E-state index contributed by atoms with van der Waals surface area (Å²) in [6.45, 7) is 5.89. The second-order valence-electron chi connectivity index (χ2n) is 10.00. The molecule has 1 N–H and O–H groups in total. The average Bonchev–Trinajstić information content (AvgIpc) is 3.24. The number of benzene rings is 1. The summed E-state index contributed by atoms with van der Waals surface area (Å²) in [5, 5.41) is 4.63. The second-order valence-corrected chi connectivity index (χ2v) is 10.00. The first-order valence-electron chi connectivity index (χ1n) is 11.2. The van der Waals surface area contributed by atoms with Gasteiger partial charge in [-0.1, -0.05) is 32.0 Å². The lowest BCUT2D eigenvalue weighted by Crippen LogP contribution is -2.59. The molecule has 0 radical (unpaired) electrons. The van der Waals surface area contributed by atoms with Gasteiger partial charge < -0.3 is 14.8 Å². The van der Waals surface area contributed by atoms with Gasteiger partial charge in [0, 0.05) is 37.8 Å². The first kappa shape index (κ1) is 20.0. The third-order valence-corrected chi connectivity index (χ3v) is 8.33. The van der Waals surface area contributed by atoms with E-state index in [2.05, 4.69) is 48.4 Å². The Morgan fingerprint density at radius 2 is 2.17 bits per heavy atom. The van der Waals surface area contributed by atoms with Crippen molar-refractivity contribution in [3.8, 4) is 0 Å². The van der Waals surface area contributed by atoms with Gasteiger partial charge in [0.25, 0.3) is 0 Å². The monoisotopic (exact) mass is 408 g/mol. The summed E-state index contributed by atoms with van der Waals surface area (Å²) in [7, 11) is 1.64. The molecular formula is C25H32N2O3. The molecule has 2 bridgehead atoms. The van der Waals surface area contributed by atoms with Crippen molar-refractivity contribution in [2.45, 2.75) is 51.7 Å². The molecule has 3 fully saturated rings. The summed E-state index contributed by atoms with van der Waals surface area (Å²) < 4.78 is 11.6. The minimum Gasteiger partial charge on any atom is -0.384 e. The Kier molecular flexibility index (Phi) is 4.86. The number of methoxy groups -OCH3 is 1. The Labute approximate surface area is 178 Å². The van der Waals surface area contributed by atoms with Crippen LogP contribution in [0.4, 0.5) is 0 Å². The Morgan fingerprint density at radius 3 is 3.00 bits per heavy atom. The number of nitrogens with zero attached hydrogens (tertiary/aromatic N) is 1. The highest BCUT2D eigenvalue weighted by atomic mass is 16.5. The van der Waals surface area contributed by atoms with E-state index < -0.39 is 0 Å². The predicted molar refractivity (Wildman–Crippen MR) is 116 cm³/mol. The largest absolute Gasteiger partial charge is 0.384 e. The van der Waals surface area contributed by atoms with E-state index >= 15 is 0 Å². The van der Waals surface area contributed by atoms with Gasteiger partial charge in [0.15, 0.2) is 0 Å². The number of carbonyl (C=O) groups is 1. The fourth-order valence-corrected chi connectivity index (χ4v) is 6.90. The summed E-state index contributed by atoms with van der Waals surface area (Å²) >= 11 is 0. The lowest BCUT2D eigenvalue weighted by Gasteiger charge is -2.53. The van der Waals surface area contributed by atoms with E-state index in [-0.39, 0.29) is 28.9 Å². The standard InChI is InChI=1S/C25H32N2O3/c1-24(2)16-14-19-22(18-6-4-8-20-17(18)7-5-11-26-20)30-13-10-25(19,15-16)23(24)27-21(28)9-12-29-3/h4-8,11,16,19,22-23H,9-10,12-15H2,1-3H3,(H,27,28)/t16-,19-,22-,23+,25?/m1/s1. The maximum atomic E-state index is 12.7. The van der Waals surface area contributed by atoms with Crippen LogP contribution >= 0.6 is 0 Å². The lowest BCUT2D eigenvalue weighted by atomic mass is 9.58. The number of aromatic nitrogens is 1. The molecule has 5 atom stereocenters. The number of pyridine rings is 1. The maximum Gasteiger partial charge on any atom is 0.222 e. The van der Waals surface area contributed by atoms with Gasteiger partial charge in [-0.05, 0) is 59.6 Å². The molecule has 5 heteroatoms. The van der Waals surface area contributed by atoms with Gasteiger partial charge in [-0.15, -0.1) is 0 Å². The number of rotatable bonds is 5. The van der Waals surface area contributed by atoms with E-state index in [1.807, 2.05) is 12.3 Å². The van der Waals surface area contributed by atoms with Crippen molar-refractivity contribution < 1.29 is 14.3 Å². The fourth-order valence-electron chi connectivity index (χ4n) is 6.90. The topological polar surface area (TPSA) is 60.5 Å². The molecule has 1 aliphatic heterocycles. The third kappa shape index (κ3) is 2.89. The molecular weight excluding hydrogens is 376 g/mol. The molecule has 160 valence electrons. The van der Waals surface area contributed by atoms with Gasteiger partial charge in [0.2, 0.25) is 5.91 Å². The molecule has 1 aromatic carbocycles. The van der Waals surface area contributed by atoms with E-state index in [9.17, 15) is 4.79 Å². The number of amides is 1. The highest BCUT2D eigenvalue weighted by Gasteiger charge is 2.68. The molecule has 5 nitrogen and oxygen atoms in total. The van der Waals surface area contributed by atoms with Crippen LogP contribution in [0.5, 0.6) is 0 Å². The number of nitrogens with one attached hydrogen (secondary N) is 1. The van der Waals surface area contributed by atoms with Crippen LogP contribution in [0.25, 0.3) is 10.9 Å². The van der Waals surface area contributed by atoms with Crippen molar-refractivity contribution in [2.24, 2.45) is 22.7 Å². The highest BCUT2D eigenvalue weighted by molar-refractivity contribution is 5.82. The van der Waals surface area contributed by atoms with Crippen LogP contribution in [0.2, 0.25) is 0 Å². The smallest absolute Gasteiger partial charge is 0.222 e. The Morgan fingerprint density at radius 1 is 1.30 bits per heavy atom. The number of hydrogen-bond acceptors (Lipinski definition) is 4. The van der Waals surface area contributed by atoms with Gasteiger partial charge in [0.05, 0.1) is 18.2 Å². The van der Waals surface area contributed by atoms with Gasteiger partial charge >= 0.3 is 0 Å². The number of fused-ring (bicyclic) bond motifs is 2. The van der Waals surface area contributed by atoms with Gasteiger partial charge in [0.1, 0.15) is 0 Å². The van der Waals surface area contributed by atoms with Crippen LogP contribution < -0.4 is 5.32 Å². The molecule has 2 aromatic rings. The summed E-state index contributed by atoms with van der Waals surface area (Å²) in [6, 6.07) is 10.7. The van der Waals surface area contributed by atoms with Crippen LogP contribution in [0.3, 0.4) is 0 Å². The summed E-state index contributed by atoms with van der Waals surface area (Å²) in [6.07, 6.45) is 5.70. The molecule has 1 aromatic heterocycles. The van der Waals surface area contributed by atoms with Crippen molar-refractivity contribution in [1.29, 1.82) is 0 Å². The lowest BCUT2D eigenvalue weighted by molar-refractivity contribution is -0.137. The quantitative estimate of drug-likeness (QED) is 0.803. The van der Waals surface area contributed by atoms with E-state index in [0.29, 0.717) is 24.9 Å². The van der Waals surface area contributed by atoms with Crippen LogP contribution in [0.1, 0.15) is 51.2 Å². The van der Waals surface area contributed by atoms with Crippen molar-refractivity contribution in [3.05, 3.63) is 42.1 Å². The number of hydrogen-bond donors (Lipinski definition) is 1. The SMILES string of the molecule is COCCC(=O)N[C@H]1C(C)(C)[C@@H]2C[C@@H]3[C@@H](c4cccc5ncccc45)OCCC31C2. The fraction of sp³-hybridized carbons (Fsp3) is 0.600. The van der Waals surface area contributed by atoms with Gasteiger partial charge in [-0.3, -0.25) is 9.78 Å². The third-order valence-electron chi connectivity index (χ3n) is 8.33. The van der Waals surface area contributed by atoms with Crippen molar-refractivity contribution in [1.82, 2.24) is 10.3 Å². The molecule has 3 aliphatic rings. The molecule has 2 aliphatic carbocycles. The number of carbonyl (C=O) groups excluding carboxylic acids is 1. The van der Waals surface area contributed by atoms with Crippen molar-refractivity contribution in [3.63, 3.8) is 0 Å². The molecule has 1 unspecified atom stereocenters. The first-order valence-corrected chi connectivity index (χ1v) is 11.2. The Balaban J connectivity index is 1.50. The van der Waals surface area contributed by atoms with E-state index in [0.717, 1.165) is 18.5 Å². The molecule has 1 spiro atoms. The Bertz CT molecular complexity index is 953. The zero-order valence-electron chi connectivity index (χ0n) is 18.2. The molecule has 2 saturated carbocycles. The average molecular weight is 409 g/mol. The predicted octanol–water partition coefficient (Wildman–Crippen LogP) is 4.27. The van der Waals surface area contributed by atoms with Gasteiger partial charge in [-0.25, -0.2) is 0 Å². The summed E-state index contributed by atoms with van der Waals surface area (Å²) in [5.74, 6) is 1.13. The summed E-state index contributed by atoms with van der Waals surface area (Å²) in [4.78, 5) is 17.2. The first-order chi connectivity index (χ1) is 14.5. The number of ether oxygens (including phenoxy) is 2. The second kappa shape index (κ2) is 7.31. The van der Waals surface area contributed by atoms with Crippen LogP contribution in [-0.4, -0.2) is 37.3 Å². The zero-order valence-corrected chi connectivity index (χ0v) is 18.2. The van der Waals surface area contributed by atoms with E-state index in [1.54, 1.807) is 7.11 Å². The Hall–Kier alpha value is -1.98. The normalized spacial score (nSPS) is 34.1. The minimum absolute atomic E-state index is 0.0612. The molecule has 30 heavy (non-hydrogen) atoms. The van der Waals surface area contributed by atoms with Crippen molar-refractivity contribution in [2.75, 3.05) is 20.3 Å². The van der Waals surface area contributed by atoms with E-state index in [4.69, 9.17) is 9.47 Å². The summed E-state index contributed by atoms with van der Waals surface area (Å²) in [5.41, 5.74) is 2.47. The van der Waals surface area contributed by atoms with E-state index in [1.165, 1.54) is 23.8 Å². The van der Waals surface area contributed by atoms with Gasteiger partial charge in [-0.2, -0.15) is 0 Å². The molecule has 1 saturated heterocycles. The molecule has 1 amide bonds. The molecule has 2 heterocycles. The van der Waals surface area contributed by atoms with Crippen molar-refractivity contribution >= 4 is 16.8 Å². The highest BCUT2D eigenvalue weighted by Crippen LogP contribution is 2.70. The van der Waals surface area contributed by atoms with Crippen LogP contribution in [-0.2, 0) is 14.3 Å². The zero-order chi connectivity index (χ0) is 20.9. The molecule has 5 rings (SSSR count).